The molecule has 4 amide bonds. The van der Waals surface area contributed by atoms with Crippen LogP contribution in [-0.4, -0.2) is 85.1 Å². The largest absolute Gasteiger partial charge is 0.488 e. The summed E-state index contributed by atoms with van der Waals surface area (Å²) in [5.41, 5.74) is 7.36. The molecule has 2 aromatic heterocycles. The lowest BCUT2D eigenvalue weighted by Crippen LogP contribution is -2.47. The molecule has 2 saturated heterocycles. The Bertz CT molecular complexity index is 2640. The molecule has 4 aromatic carbocycles. The summed E-state index contributed by atoms with van der Waals surface area (Å²) in [6, 6.07) is 23.6. The SMILES string of the molecule is CC[C@H](NC(=O)O)C(=O)N1CCC[C@H]1c1ncc(-c2ccc3c4c(ccc3c2)-c2ccc(-c3cnc([C@@H]5CCCN5C(=O)[C@H](NC(=O)OC)c5ccccc5)[nH]3)cc2CO4)[nH]1. The van der Waals surface area contributed by atoms with Gasteiger partial charge in [-0.3, -0.25) is 9.59 Å². The molecule has 15 heteroatoms. The molecule has 0 radical (unpaired) electrons. The monoisotopic (exact) mass is 822 g/mol. The number of carbonyl (C=O) groups excluding carboxylic acids is 3. The molecule has 312 valence electrons. The molecule has 9 rings (SSSR count). The number of nitrogens with one attached hydrogen (secondary N) is 4. The smallest absolute Gasteiger partial charge is 0.407 e. The van der Waals surface area contributed by atoms with Gasteiger partial charge in [0, 0.05) is 29.6 Å². The summed E-state index contributed by atoms with van der Waals surface area (Å²) >= 11 is 0. The number of hydrogen-bond donors (Lipinski definition) is 5. The van der Waals surface area contributed by atoms with Gasteiger partial charge in [0.25, 0.3) is 5.91 Å². The molecule has 5 heterocycles. The minimum absolute atomic E-state index is 0.221. The lowest BCUT2D eigenvalue weighted by Gasteiger charge is -2.28. The van der Waals surface area contributed by atoms with Crippen molar-refractivity contribution in [3.8, 4) is 39.4 Å². The standard InChI is InChI=1S/C46H46N8O7/c1-3-34(51-45(57)58)43(55)53-19-7-11-37(53)41-47-23-35(49-41)28-15-17-32-27(21-28)13-18-33-31-16-14-29(22-30(31)25-61-40(32)33)36-24-48-42(50-36)38-12-8-20-54(38)44(56)39(52-46(59)60-2)26-9-5-4-6-10-26/h4-6,9-10,13-18,21-24,34,37-39,51H,3,7-8,11-12,19-20,25H2,1-2H3,(H,47,49)(H,48,50)(H,52,59)(H,57,58)/t34-,37-,38-,39+/m0/s1. The Morgan fingerprint density at radius 3 is 2.11 bits per heavy atom. The Kier molecular flexibility index (Phi) is 10.6. The van der Waals surface area contributed by atoms with E-state index in [0.717, 1.165) is 81.4 Å². The number of aromatic amines is 2. The van der Waals surface area contributed by atoms with Gasteiger partial charge in [-0.15, -0.1) is 0 Å². The number of ether oxygens (including phenoxy) is 2. The number of imidazole rings is 2. The lowest BCUT2D eigenvalue weighted by molar-refractivity contribution is -0.135. The van der Waals surface area contributed by atoms with Gasteiger partial charge in [-0.05, 0) is 77.9 Å². The first-order valence-corrected chi connectivity index (χ1v) is 20.6. The van der Waals surface area contributed by atoms with E-state index < -0.39 is 24.3 Å². The number of benzene rings is 4. The van der Waals surface area contributed by atoms with Crippen molar-refractivity contribution in [2.24, 2.45) is 0 Å². The van der Waals surface area contributed by atoms with Gasteiger partial charge in [-0.2, -0.15) is 0 Å². The van der Waals surface area contributed by atoms with Crippen molar-refractivity contribution in [1.29, 1.82) is 0 Å². The molecule has 15 nitrogen and oxygen atoms in total. The van der Waals surface area contributed by atoms with Gasteiger partial charge in [-0.25, -0.2) is 19.6 Å². The van der Waals surface area contributed by atoms with Gasteiger partial charge in [0.15, 0.2) is 0 Å². The van der Waals surface area contributed by atoms with Crippen LogP contribution in [-0.2, 0) is 20.9 Å². The van der Waals surface area contributed by atoms with Crippen LogP contribution >= 0.6 is 0 Å². The Morgan fingerprint density at radius 1 is 0.820 bits per heavy atom. The van der Waals surface area contributed by atoms with E-state index in [1.54, 1.807) is 29.1 Å². The van der Waals surface area contributed by atoms with Crippen molar-refractivity contribution in [3.63, 3.8) is 0 Å². The van der Waals surface area contributed by atoms with E-state index in [1.807, 2.05) is 36.4 Å². The Balaban J connectivity index is 0.918. The molecule has 0 bridgehead atoms. The third kappa shape index (κ3) is 7.51. The summed E-state index contributed by atoms with van der Waals surface area (Å²) in [4.78, 5) is 70.6. The highest BCUT2D eigenvalue weighted by molar-refractivity contribution is 5.98. The Morgan fingerprint density at radius 2 is 1.46 bits per heavy atom. The van der Waals surface area contributed by atoms with Crippen LogP contribution in [0.4, 0.5) is 9.59 Å². The molecular weight excluding hydrogens is 777 g/mol. The Hall–Kier alpha value is -7.16. The van der Waals surface area contributed by atoms with Crippen LogP contribution in [0.1, 0.15) is 79.9 Å². The summed E-state index contributed by atoms with van der Waals surface area (Å²) in [6.07, 6.45) is 5.16. The van der Waals surface area contributed by atoms with Crippen molar-refractivity contribution < 1.29 is 33.8 Å². The van der Waals surface area contributed by atoms with Crippen molar-refractivity contribution in [2.45, 2.75) is 69.8 Å². The van der Waals surface area contributed by atoms with Crippen LogP contribution in [0.2, 0.25) is 0 Å². The summed E-state index contributed by atoms with van der Waals surface area (Å²) in [5.74, 6) is 1.73. The van der Waals surface area contributed by atoms with Gasteiger partial charge < -0.3 is 45.0 Å². The molecule has 0 spiro atoms. The summed E-state index contributed by atoms with van der Waals surface area (Å²) < 4.78 is 11.3. The molecule has 6 aromatic rings. The maximum Gasteiger partial charge on any atom is 0.407 e. The number of amides is 4. The molecular formula is C46H46N8O7. The normalized spacial score (nSPS) is 17.9. The predicted molar refractivity (Wildman–Crippen MR) is 226 cm³/mol. The zero-order valence-corrected chi connectivity index (χ0v) is 33.8. The third-order valence-electron chi connectivity index (χ3n) is 12.1. The number of alkyl carbamates (subject to hydrolysis) is 1. The molecule has 5 N–H and O–H groups in total. The molecule has 4 atom stereocenters. The van der Waals surface area contributed by atoms with Crippen molar-refractivity contribution in [3.05, 3.63) is 114 Å². The van der Waals surface area contributed by atoms with Gasteiger partial charge in [0.1, 0.15) is 36.1 Å². The number of nitrogens with zero attached hydrogens (tertiary/aromatic N) is 4. The number of aromatic nitrogens is 4. The number of H-pyrrole nitrogens is 2. The summed E-state index contributed by atoms with van der Waals surface area (Å²) in [7, 11) is 1.28. The van der Waals surface area contributed by atoms with Crippen LogP contribution in [0, 0.1) is 0 Å². The van der Waals surface area contributed by atoms with Gasteiger partial charge in [0.2, 0.25) is 5.91 Å². The topological polar surface area (TPSA) is 195 Å². The minimum atomic E-state index is -1.21. The zero-order chi connectivity index (χ0) is 42.2. The lowest BCUT2D eigenvalue weighted by atomic mass is 9.92. The van der Waals surface area contributed by atoms with E-state index in [2.05, 4.69) is 68.1 Å². The van der Waals surface area contributed by atoms with Gasteiger partial charge >= 0.3 is 12.2 Å². The second-order valence-corrected chi connectivity index (χ2v) is 15.7. The van der Waals surface area contributed by atoms with Crippen LogP contribution in [0.25, 0.3) is 44.4 Å². The molecule has 2 fully saturated rings. The fourth-order valence-electron chi connectivity index (χ4n) is 9.03. The minimum Gasteiger partial charge on any atom is -0.488 e. The molecule has 3 aliphatic rings. The maximum absolute atomic E-state index is 14.0. The summed E-state index contributed by atoms with van der Waals surface area (Å²) in [6.45, 7) is 3.27. The zero-order valence-electron chi connectivity index (χ0n) is 33.8. The first-order chi connectivity index (χ1) is 29.7. The van der Waals surface area contributed by atoms with Crippen molar-refractivity contribution in [2.75, 3.05) is 20.2 Å². The van der Waals surface area contributed by atoms with Crippen LogP contribution in [0.5, 0.6) is 5.75 Å². The van der Waals surface area contributed by atoms with E-state index in [4.69, 9.17) is 14.5 Å². The second-order valence-electron chi connectivity index (χ2n) is 15.7. The van der Waals surface area contributed by atoms with E-state index in [-0.39, 0.29) is 23.9 Å². The summed E-state index contributed by atoms with van der Waals surface area (Å²) in [5, 5.41) is 16.3. The fraction of sp³-hybridized carbons (Fsp3) is 0.304. The Labute approximate surface area is 351 Å². The maximum atomic E-state index is 14.0. The highest BCUT2D eigenvalue weighted by atomic mass is 16.5. The van der Waals surface area contributed by atoms with Gasteiger partial charge in [0.05, 0.1) is 43.0 Å². The molecule has 0 saturated carbocycles. The number of carbonyl (C=O) groups is 4. The average Bonchev–Trinajstić information content (AvgIpc) is 4.14. The quantitative estimate of drug-likeness (QED) is 0.0923. The number of fused-ring (bicyclic) bond motifs is 5. The highest BCUT2D eigenvalue weighted by Crippen LogP contribution is 2.44. The van der Waals surface area contributed by atoms with Crippen molar-refractivity contribution >= 4 is 34.8 Å². The number of rotatable bonds is 10. The first kappa shape index (κ1) is 39.3. The number of methoxy groups -OCH3 is 1. The molecule has 0 aliphatic carbocycles. The molecule has 3 aliphatic heterocycles. The fourth-order valence-corrected chi connectivity index (χ4v) is 9.03. The van der Waals surface area contributed by atoms with Crippen LogP contribution < -0.4 is 15.4 Å². The second kappa shape index (κ2) is 16.5. The van der Waals surface area contributed by atoms with Crippen LogP contribution in [0.15, 0.2) is 91.3 Å². The van der Waals surface area contributed by atoms with Gasteiger partial charge in [-0.1, -0.05) is 67.6 Å². The van der Waals surface area contributed by atoms with E-state index in [1.165, 1.54) is 7.11 Å². The number of likely N-dealkylation sites (tertiary alicyclic amines) is 2. The third-order valence-corrected chi connectivity index (χ3v) is 12.1. The van der Waals surface area contributed by atoms with E-state index in [0.29, 0.717) is 43.3 Å². The van der Waals surface area contributed by atoms with E-state index >= 15 is 0 Å². The predicted octanol–water partition coefficient (Wildman–Crippen LogP) is 7.65. The van der Waals surface area contributed by atoms with E-state index in [9.17, 15) is 24.3 Å². The first-order valence-electron chi connectivity index (χ1n) is 20.6. The van der Waals surface area contributed by atoms with Crippen molar-refractivity contribution in [1.82, 2.24) is 40.4 Å². The highest BCUT2D eigenvalue weighted by Gasteiger charge is 2.38. The van der Waals surface area contributed by atoms with Crippen LogP contribution in [0.3, 0.4) is 0 Å². The average molecular weight is 823 g/mol. The number of hydrogen-bond acceptors (Lipinski definition) is 8. The molecule has 0 unspecified atom stereocenters. The molecule has 61 heavy (non-hydrogen) atoms. The number of carboxylic acid groups (broad SMARTS) is 1.